The quantitative estimate of drug-likeness (QED) is 0.163. The van der Waals surface area contributed by atoms with Gasteiger partial charge in [0, 0.05) is 28.1 Å². The summed E-state index contributed by atoms with van der Waals surface area (Å²) >= 11 is 0. The van der Waals surface area contributed by atoms with Gasteiger partial charge in [-0.3, -0.25) is 0 Å². The Morgan fingerprint density at radius 2 is 0.733 bits per heavy atom. The lowest BCUT2D eigenvalue weighted by molar-refractivity contribution is 1.30. The van der Waals surface area contributed by atoms with Gasteiger partial charge >= 0.3 is 0 Å². The van der Waals surface area contributed by atoms with Gasteiger partial charge in [0.2, 0.25) is 0 Å². The highest BCUT2D eigenvalue weighted by atomic mass is 15.1. The lowest BCUT2D eigenvalue weighted by Gasteiger charge is -2.28. The molecule has 0 aliphatic carbocycles. The molecule has 2 heteroatoms. The van der Waals surface area contributed by atoms with Crippen molar-refractivity contribution in [2.45, 2.75) is 0 Å². The predicted octanol–water partition coefficient (Wildman–Crippen LogP) is 16.5. The highest BCUT2D eigenvalue weighted by Gasteiger charge is 2.21. The first kappa shape index (κ1) is 36.4. The molecule has 60 heavy (non-hydrogen) atoms. The standard InChI is InChI=1S/C48H34N2.C10H8/c1-5-17-35(18-6-1)47-43-31-29-40(50(39-24-11-4-12-25-39)46-27-15-21-34-16-13-14-26-41(34)46)33-45(43)48(36-19-7-2-8-20-36)42-30-28-38(32-44(42)47)49-37-22-9-3-10-23-37;1-2-6-10-8-4-3-7-9(10)5-1/h1-33,49H;1-8H. The van der Waals surface area contributed by atoms with Crippen LogP contribution >= 0.6 is 0 Å². The number of fused-ring (bicyclic) bond motifs is 4. The molecular weight excluding hydrogens is 725 g/mol. The van der Waals surface area contributed by atoms with Crippen LogP contribution < -0.4 is 10.2 Å². The Hall–Kier alpha value is -7.94. The topological polar surface area (TPSA) is 15.3 Å². The first-order valence-electron chi connectivity index (χ1n) is 20.5. The molecule has 0 aliphatic rings. The second kappa shape index (κ2) is 16.5. The third-order valence-corrected chi connectivity index (χ3v) is 11.2. The second-order valence-corrected chi connectivity index (χ2v) is 15.0. The number of anilines is 5. The molecule has 0 unspecified atom stereocenters. The number of benzene rings is 11. The largest absolute Gasteiger partial charge is 0.356 e. The van der Waals surface area contributed by atoms with Crippen molar-refractivity contribution in [2.75, 3.05) is 10.2 Å². The maximum absolute atomic E-state index is 3.65. The van der Waals surface area contributed by atoms with Gasteiger partial charge in [0.25, 0.3) is 0 Å². The molecule has 0 saturated heterocycles. The fraction of sp³-hybridized carbons (Fsp3) is 0. The van der Waals surface area contributed by atoms with Gasteiger partial charge in [-0.15, -0.1) is 0 Å². The van der Waals surface area contributed by atoms with Crippen molar-refractivity contribution in [1.29, 1.82) is 0 Å². The Balaban J connectivity index is 0.000000378. The van der Waals surface area contributed by atoms with Crippen LogP contribution in [0.25, 0.3) is 65.3 Å². The Morgan fingerprint density at radius 3 is 1.33 bits per heavy atom. The van der Waals surface area contributed by atoms with E-state index in [-0.39, 0.29) is 0 Å². The summed E-state index contributed by atoms with van der Waals surface area (Å²) in [6, 6.07) is 88.5. The number of nitrogens with zero attached hydrogens (tertiary/aromatic N) is 1. The summed E-state index contributed by atoms with van der Waals surface area (Å²) in [5.41, 5.74) is 10.3. The van der Waals surface area contributed by atoms with Gasteiger partial charge in [-0.25, -0.2) is 0 Å². The first-order chi connectivity index (χ1) is 29.8. The minimum Gasteiger partial charge on any atom is -0.356 e. The van der Waals surface area contributed by atoms with E-state index in [1.807, 2.05) is 6.07 Å². The number of hydrogen-bond donors (Lipinski definition) is 1. The minimum atomic E-state index is 1.06. The fourth-order valence-corrected chi connectivity index (χ4v) is 8.49. The molecule has 0 atom stereocenters. The van der Waals surface area contributed by atoms with Gasteiger partial charge in [-0.1, -0.05) is 194 Å². The second-order valence-electron chi connectivity index (χ2n) is 15.0. The molecule has 0 bridgehead atoms. The molecule has 0 radical (unpaired) electrons. The van der Waals surface area contributed by atoms with Crippen LogP contribution in [0.3, 0.4) is 0 Å². The van der Waals surface area contributed by atoms with E-state index in [1.165, 1.54) is 65.3 Å². The van der Waals surface area contributed by atoms with Crippen LogP contribution in [0.15, 0.2) is 249 Å². The van der Waals surface area contributed by atoms with Gasteiger partial charge in [-0.2, -0.15) is 0 Å². The summed E-state index contributed by atoms with van der Waals surface area (Å²) in [5.74, 6) is 0. The molecule has 11 aromatic rings. The van der Waals surface area contributed by atoms with Crippen molar-refractivity contribution < 1.29 is 0 Å². The molecular formula is C58H42N2. The Labute approximate surface area is 351 Å². The van der Waals surface area contributed by atoms with Gasteiger partial charge in [0.05, 0.1) is 5.69 Å². The van der Waals surface area contributed by atoms with Crippen LogP contribution in [-0.2, 0) is 0 Å². The van der Waals surface area contributed by atoms with Crippen LogP contribution in [0, 0.1) is 0 Å². The van der Waals surface area contributed by atoms with Gasteiger partial charge in [-0.05, 0) is 115 Å². The number of nitrogens with one attached hydrogen (secondary N) is 1. The van der Waals surface area contributed by atoms with Gasteiger partial charge in [0.1, 0.15) is 0 Å². The van der Waals surface area contributed by atoms with Crippen molar-refractivity contribution in [3.63, 3.8) is 0 Å². The molecule has 0 aliphatic heterocycles. The van der Waals surface area contributed by atoms with Crippen LogP contribution in [0.1, 0.15) is 0 Å². The lowest BCUT2D eigenvalue weighted by Crippen LogP contribution is -2.10. The van der Waals surface area contributed by atoms with E-state index >= 15 is 0 Å². The van der Waals surface area contributed by atoms with Crippen molar-refractivity contribution in [3.05, 3.63) is 249 Å². The van der Waals surface area contributed by atoms with Crippen molar-refractivity contribution >= 4 is 71.5 Å². The SMILES string of the molecule is c1ccc(Nc2ccc3c(-c4ccccc4)c4cc(N(c5ccccc5)c5cccc6ccccc56)ccc4c(-c4ccccc4)c3c2)cc1.c1ccc2ccccc2c1. The minimum absolute atomic E-state index is 1.06. The maximum atomic E-state index is 3.65. The Kier molecular flexibility index (Phi) is 10.0. The third-order valence-electron chi connectivity index (χ3n) is 11.2. The molecule has 0 fully saturated rings. The summed E-state index contributed by atoms with van der Waals surface area (Å²) in [4.78, 5) is 2.40. The van der Waals surface area contributed by atoms with Gasteiger partial charge < -0.3 is 10.2 Å². The van der Waals surface area contributed by atoms with Crippen LogP contribution in [0.5, 0.6) is 0 Å². The van der Waals surface area contributed by atoms with E-state index in [2.05, 4.69) is 253 Å². The Bertz CT molecular complexity index is 3150. The molecule has 0 aromatic heterocycles. The Morgan fingerprint density at radius 1 is 0.267 bits per heavy atom. The van der Waals surface area contributed by atoms with Crippen molar-refractivity contribution in [3.8, 4) is 22.3 Å². The van der Waals surface area contributed by atoms with Gasteiger partial charge in [0.15, 0.2) is 0 Å². The molecule has 11 aromatic carbocycles. The summed E-state index contributed by atoms with van der Waals surface area (Å²) in [5, 5.41) is 13.6. The summed E-state index contributed by atoms with van der Waals surface area (Å²) < 4.78 is 0. The van der Waals surface area contributed by atoms with Crippen molar-refractivity contribution in [2.24, 2.45) is 0 Å². The van der Waals surface area contributed by atoms with E-state index in [9.17, 15) is 0 Å². The molecule has 0 amide bonds. The molecule has 0 heterocycles. The third kappa shape index (κ3) is 7.23. The first-order valence-corrected chi connectivity index (χ1v) is 20.5. The van der Waals surface area contributed by atoms with E-state index in [0.717, 1.165) is 28.4 Å². The molecule has 1 N–H and O–H groups in total. The van der Waals surface area contributed by atoms with E-state index in [0.29, 0.717) is 0 Å². The molecule has 2 nitrogen and oxygen atoms in total. The average Bonchev–Trinajstić information content (AvgIpc) is 3.32. The van der Waals surface area contributed by atoms with E-state index in [4.69, 9.17) is 0 Å². The smallest absolute Gasteiger partial charge is 0.0540 e. The molecule has 0 saturated carbocycles. The fourth-order valence-electron chi connectivity index (χ4n) is 8.49. The zero-order chi connectivity index (χ0) is 40.1. The average molecular weight is 767 g/mol. The molecule has 11 rings (SSSR count). The summed E-state index contributed by atoms with van der Waals surface area (Å²) in [7, 11) is 0. The highest BCUT2D eigenvalue weighted by Crippen LogP contribution is 2.47. The molecule has 0 spiro atoms. The van der Waals surface area contributed by atoms with Crippen LogP contribution in [-0.4, -0.2) is 0 Å². The normalized spacial score (nSPS) is 11.0. The number of hydrogen-bond acceptors (Lipinski definition) is 2. The monoisotopic (exact) mass is 766 g/mol. The molecule has 284 valence electrons. The van der Waals surface area contributed by atoms with Crippen molar-refractivity contribution in [1.82, 2.24) is 0 Å². The zero-order valence-electron chi connectivity index (χ0n) is 33.1. The highest BCUT2D eigenvalue weighted by molar-refractivity contribution is 6.22. The zero-order valence-corrected chi connectivity index (χ0v) is 33.1. The van der Waals surface area contributed by atoms with Crippen LogP contribution in [0.4, 0.5) is 28.4 Å². The maximum Gasteiger partial charge on any atom is 0.0540 e. The van der Waals surface area contributed by atoms with E-state index in [1.54, 1.807) is 0 Å². The summed E-state index contributed by atoms with van der Waals surface area (Å²) in [6.45, 7) is 0. The predicted molar refractivity (Wildman–Crippen MR) is 258 cm³/mol. The number of para-hydroxylation sites is 2. The lowest BCUT2D eigenvalue weighted by atomic mass is 9.85. The summed E-state index contributed by atoms with van der Waals surface area (Å²) in [6.07, 6.45) is 0. The van der Waals surface area contributed by atoms with Crippen LogP contribution in [0.2, 0.25) is 0 Å². The van der Waals surface area contributed by atoms with E-state index < -0.39 is 0 Å². The number of rotatable bonds is 7.